The van der Waals surface area contributed by atoms with Gasteiger partial charge in [-0.3, -0.25) is 0 Å². The first-order chi connectivity index (χ1) is 8.56. The van der Waals surface area contributed by atoms with Crippen molar-refractivity contribution in [2.24, 2.45) is 0 Å². The summed E-state index contributed by atoms with van der Waals surface area (Å²) in [5.41, 5.74) is 1.21. The van der Waals surface area contributed by atoms with Gasteiger partial charge in [0, 0.05) is 4.88 Å². The lowest BCUT2D eigenvalue weighted by Crippen LogP contribution is -3.10. The fraction of sp³-hybridized carbons (Fsp3) is 0.538. The van der Waals surface area contributed by atoms with Crippen molar-refractivity contribution in [3.8, 4) is 0 Å². The Balaban J connectivity index is 2.43. The third kappa shape index (κ3) is 2.51. The maximum atomic E-state index is 6.30. The molecule has 0 aromatic carbocycles. The highest BCUT2D eigenvalue weighted by Crippen LogP contribution is 2.32. The number of hydrogen-bond acceptors (Lipinski definition) is 3. The highest BCUT2D eigenvalue weighted by Gasteiger charge is 2.15. The van der Waals surface area contributed by atoms with E-state index in [-0.39, 0.29) is 0 Å². The van der Waals surface area contributed by atoms with Crippen LogP contribution in [0.15, 0.2) is 0 Å². The molecule has 0 amide bonds. The zero-order valence-electron chi connectivity index (χ0n) is 11.3. The van der Waals surface area contributed by atoms with Crippen LogP contribution in [0.2, 0.25) is 5.15 Å². The summed E-state index contributed by atoms with van der Waals surface area (Å²) in [7, 11) is 0. The average molecular weight is 285 g/mol. The van der Waals surface area contributed by atoms with E-state index in [2.05, 4.69) is 37.7 Å². The Bertz CT molecular complexity index is 561. The first kappa shape index (κ1) is 13.7. The normalized spacial score (nSPS) is 11.7. The van der Waals surface area contributed by atoms with E-state index in [1.54, 1.807) is 11.3 Å². The summed E-state index contributed by atoms with van der Waals surface area (Å²) in [4.78, 5) is 12.9. The van der Waals surface area contributed by atoms with Gasteiger partial charge in [-0.15, -0.1) is 11.3 Å². The topological polar surface area (TPSA) is 30.2 Å². The molecule has 0 aliphatic carbocycles. The molecule has 0 atom stereocenters. The van der Waals surface area contributed by atoms with Crippen LogP contribution in [0.3, 0.4) is 0 Å². The summed E-state index contributed by atoms with van der Waals surface area (Å²) in [6.07, 6.45) is 0. The Labute approximate surface area is 117 Å². The molecule has 3 nitrogen and oxygen atoms in total. The molecular weight excluding hydrogens is 266 g/mol. The third-order valence-electron chi connectivity index (χ3n) is 3.44. The molecule has 0 spiro atoms. The molecule has 0 fully saturated rings. The van der Waals surface area contributed by atoms with Gasteiger partial charge in [0.1, 0.15) is 16.5 Å². The second kappa shape index (κ2) is 5.51. The molecule has 2 aromatic rings. The van der Waals surface area contributed by atoms with Gasteiger partial charge in [0.05, 0.1) is 18.5 Å². The summed E-state index contributed by atoms with van der Waals surface area (Å²) >= 11 is 8.00. The molecule has 2 rings (SSSR count). The molecule has 5 heteroatoms. The van der Waals surface area contributed by atoms with Crippen molar-refractivity contribution >= 4 is 33.2 Å². The summed E-state index contributed by atoms with van der Waals surface area (Å²) < 4.78 is 0. The van der Waals surface area contributed by atoms with Gasteiger partial charge >= 0.3 is 0 Å². The standard InChI is InChI=1S/C13H18ClN3S/c1-5-17(6-2)7-10-15-12(14)11-8(3)9(4)18-13(11)16-10/h5-7H2,1-4H3/p+1. The highest BCUT2D eigenvalue weighted by molar-refractivity contribution is 7.18. The number of quaternary nitrogens is 1. The van der Waals surface area contributed by atoms with E-state index in [0.29, 0.717) is 5.15 Å². The first-order valence-electron chi connectivity index (χ1n) is 6.32. The molecule has 0 saturated carbocycles. The van der Waals surface area contributed by atoms with Crippen LogP contribution in [0.1, 0.15) is 30.1 Å². The van der Waals surface area contributed by atoms with Crippen LogP contribution in [0, 0.1) is 13.8 Å². The van der Waals surface area contributed by atoms with E-state index in [4.69, 9.17) is 11.6 Å². The van der Waals surface area contributed by atoms with Crippen molar-refractivity contribution < 1.29 is 4.90 Å². The van der Waals surface area contributed by atoms with Gasteiger partial charge in [-0.25, -0.2) is 9.97 Å². The van der Waals surface area contributed by atoms with Crippen molar-refractivity contribution in [3.05, 3.63) is 21.4 Å². The Morgan fingerprint density at radius 2 is 1.83 bits per heavy atom. The molecule has 2 heterocycles. The number of halogens is 1. The number of nitrogens with one attached hydrogen (secondary N) is 1. The molecule has 0 bridgehead atoms. The molecule has 2 aromatic heterocycles. The maximum absolute atomic E-state index is 6.30. The van der Waals surface area contributed by atoms with E-state index >= 15 is 0 Å². The second-order valence-electron chi connectivity index (χ2n) is 4.53. The van der Waals surface area contributed by atoms with Gasteiger partial charge in [0.15, 0.2) is 5.82 Å². The fourth-order valence-corrected chi connectivity index (χ4v) is 3.48. The number of aromatic nitrogens is 2. The Morgan fingerprint density at radius 1 is 1.17 bits per heavy atom. The first-order valence-corrected chi connectivity index (χ1v) is 7.51. The minimum atomic E-state index is 0.600. The van der Waals surface area contributed by atoms with Gasteiger partial charge in [-0.1, -0.05) is 11.6 Å². The van der Waals surface area contributed by atoms with Crippen LogP contribution in [0.5, 0.6) is 0 Å². The molecule has 0 radical (unpaired) electrons. The predicted molar refractivity (Wildman–Crippen MR) is 77.6 cm³/mol. The predicted octanol–water partition coefficient (Wildman–Crippen LogP) is 2.39. The zero-order valence-corrected chi connectivity index (χ0v) is 12.9. The molecule has 0 aliphatic heterocycles. The van der Waals surface area contributed by atoms with Crippen molar-refractivity contribution in [1.29, 1.82) is 0 Å². The third-order valence-corrected chi connectivity index (χ3v) is 4.81. The van der Waals surface area contributed by atoms with E-state index in [1.807, 2.05) is 0 Å². The van der Waals surface area contributed by atoms with Crippen molar-refractivity contribution in [2.45, 2.75) is 34.2 Å². The monoisotopic (exact) mass is 284 g/mol. The largest absolute Gasteiger partial charge is 0.329 e. The zero-order chi connectivity index (χ0) is 13.3. The molecule has 18 heavy (non-hydrogen) atoms. The average Bonchev–Trinajstić information content (AvgIpc) is 2.62. The Morgan fingerprint density at radius 3 is 2.44 bits per heavy atom. The summed E-state index contributed by atoms with van der Waals surface area (Å²) in [6, 6.07) is 0. The Kier molecular flexibility index (Phi) is 4.20. The number of fused-ring (bicyclic) bond motifs is 1. The number of rotatable bonds is 4. The van der Waals surface area contributed by atoms with Crippen molar-refractivity contribution in [1.82, 2.24) is 9.97 Å². The van der Waals surface area contributed by atoms with Crippen molar-refractivity contribution in [2.75, 3.05) is 13.1 Å². The van der Waals surface area contributed by atoms with Gasteiger partial charge in [-0.2, -0.15) is 0 Å². The van der Waals surface area contributed by atoms with E-state index in [9.17, 15) is 0 Å². The van der Waals surface area contributed by atoms with Crippen molar-refractivity contribution in [3.63, 3.8) is 0 Å². The SMILES string of the molecule is CC[NH+](CC)Cc1nc(Cl)c2c(C)c(C)sc2n1. The molecule has 98 valence electrons. The van der Waals surface area contributed by atoms with E-state index in [1.165, 1.54) is 15.3 Å². The summed E-state index contributed by atoms with van der Waals surface area (Å²) in [5, 5.41) is 1.63. The number of aryl methyl sites for hydroxylation is 2. The molecule has 0 aliphatic rings. The number of nitrogens with zero attached hydrogens (tertiary/aromatic N) is 2. The lowest BCUT2D eigenvalue weighted by Gasteiger charge is -2.14. The summed E-state index contributed by atoms with van der Waals surface area (Å²) in [6.45, 7) is 11.6. The van der Waals surface area contributed by atoms with Crippen LogP contribution in [0.4, 0.5) is 0 Å². The van der Waals surface area contributed by atoms with Crippen LogP contribution >= 0.6 is 22.9 Å². The van der Waals surface area contributed by atoms with Gasteiger partial charge in [0.25, 0.3) is 0 Å². The summed E-state index contributed by atoms with van der Waals surface area (Å²) in [5.74, 6) is 0.854. The van der Waals surface area contributed by atoms with Gasteiger partial charge < -0.3 is 4.90 Å². The van der Waals surface area contributed by atoms with Crippen LogP contribution in [-0.2, 0) is 6.54 Å². The van der Waals surface area contributed by atoms with Gasteiger partial charge in [-0.05, 0) is 33.3 Å². The Hall–Kier alpha value is -0.710. The quantitative estimate of drug-likeness (QED) is 0.874. The van der Waals surface area contributed by atoms with E-state index < -0.39 is 0 Å². The molecule has 0 unspecified atom stereocenters. The smallest absolute Gasteiger partial charge is 0.186 e. The van der Waals surface area contributed by atoms with Gasteiger partial charge in [0.2, 0.25) is 0 Å². The number of thiophene rings is 1. The lowest BCUT2D eigenvalue weighted by molar-refractivity contribution is -0.910. The molecular formula is C13H19ClN3S+. The highest BCUT2D eigenvalue weighted by atomic mass is 35.5. The second-order valence-corrected chi connectivity index (χ2v) is 6.09. The lowest BCUT2D eigenvalue weighted by atomic mass is 10.2. The minimum Gasteiger partial charge on any atom is -0.329 e. The minimum absolute atomic E-state index is 0.600. The van der Waals surface area contributed by atoms with Crippen LogP contribution in [-0.4, -0.2) is 23.1 Å². The number of hydrogen-bond donors (Lipinski definition) is 1. The fourth-order valence-electron chi connectivity index (χ4n) is 2.04. The van der Waals surface area contributed by atoms with E-state index in [0.717, 1.165) is 35.7 Å². The van der Waals surface area contributed by atoms with Crippen LogP contribution < -0.4 is 4.90 Å². The molecule has 1 N–H and O–H groups in total. The van der Waals surface area contributed by atoms with Crippen LogP contribution in [0.25, 0.3) is 10.2 Å². The molecule has 0 saturated heterocycles. The maximum Gasteiger partial charge on any atom is 0.186 e.